The van der Waals surface area contributed by atoms with E-state index in [0.29, 0.717) is 0 Å². The molecule has 2 rings (SSSR count). The van der Waals surface area contributed by atoms with Crippen LogP contribution in [0, 0.1) is 0 Å². The fourth-order valence-corrected chi connectivity index (χ4v) is 2.61. The molecule has 1 heterocycles. The molecule has 1 aliphatic carbocycles. The Balaban J connectivity index is 1.65. The third-order valence-electron chi connectivity index (χ3n) is 3.04. The van der Waals surface area contributed by atoms with Crippen LogP contribution in [0.25, 0.3) is 0 Å². The fraction of sp³-hybridized carbons (Fsp3) is 0.667. The van der Waals surface area contributed by atoms with Crippen molar-refractivity contribution in [2.45, 2.75) is 32.4 Å². The van der Waals surface area contributed by atoms with E-state index in [9.17, 15) is 0 Å². The minimum absolute atomic E-state index is 0.766. The van der Waals surface area contributed by atoms with E-state index in [0.717, 1.165) is 47.1 Å². The topological polar surface area (TPSA) is 28.4 Å². The summed E-state index contributed by atoms with van der Waals surface area (Å²) in [5.74, 6) is 0.957. The van der Waals surface area contributed by atoms with Crippen LogP contribution in [0.4, 0.5) is 0 Å². The maximum atomic E-state index is 5.50. The second-order valence-corrected chi connectivity index (χ2v) is 5.95. The van der Waals surface area contributed by atoms with Gasteiger partial charge < -0.3 is 9.73 Å². The molecule has 1 aliphatic rings. The number of rotatable bonds is 7. The molecule has 1 aromatic heterocycles. The van der Waals surface area contributed by atoms with E-state index < -0.39 is 0 Å². The predicted octanol–water partition coefficient (Wildman–Crippen LogP) is 3.38. The molecule has 0 amide bonds. The molecule has 1 N–H and O–H groups in total. The Morgan fingerprint density at radius 2 is 2.24 bits per heavy atom. The summed E-state index contributed by atoms with van der Waals surface area (Å²) >= 11 is 6.75. The van der Waals surface area contributed by atoms with E-state index >= 15 is 0 Å². The van der Waals surface area contributed by atoms with Crippen LogP contribution in [0.2, 0.25) is 0 Å². The van der Waals surface area contributed by atoms with Crippen molar-refractivity contribution < 1.29 is 4.42 Å². The number of likely N-dealkylation sites (N-methyl/N-ethyl adjacent to an activating group) is 1. The monoisotopic (exact) mass is 364 g/mol. The van der Waals surface area contributed by atoms with Gasteiger partial charge in [0, 0.05) is 19.1 Å². The number of nitrogens with zero attached hydrogens (tertiary/aromatic N) is 1. The summed E-state index contributed by atoms with van der Waals surface area (Å²) in [7, 11) is 0. The highest BCUT2D eigenvalue weighted by Crippen LogP contribution is 2.27. The Morgan fingerprint density at radius 3 is 2.76 bits per heavy atom. The van der Waals surface area contributed by atoms with Gasteiger partial charge in [0.25, 0.3) is 0 Å². The molecule has 5 heteroatoms. The van der Waals surface area contributed by atoms with Gasteiger partial charge in [-0.15, -0.1) is 0 Å². The van der Waals surface area contributed by atoms with Crippen molar-refractivity contribution in [1.82, 2.24) is 10.2 Å². The second kappa shape index (κ2) is 6.36. The summed E-state index contributed by atoms with van der Waals surface area (Å²) in [6, 6.07) is 2.85. The van der Waals surface area contributed by atoms with Crippen LogP contribution in [0.1, 0.15) is 25.5 Å². The molecule has 0 saturated heterocycles. The predicted molar refractivity (Wildman–Crippen MR) is 76.1 cm³/mol. The molecule has 0 radical (unpaired) electrons. The van der Waals surface area contributed by atoms with E-state index in [1.54, 1.807) is 0 Å². The molecule has 1 aromatic rings. The molecule has 3 nitrogen and oxygen atoms in total. The average Bonchev–Trinajstić information content (AvgIpc) is 3.08. The van der Waals surface area contributed by atoms with Gasteiger partial charge in [-0.2, -0.15) is 0 Å². The highest BCUT2D eigenvalue weighted by Gasteiger charge is 2.26. The zero-order valence-electron chi connectivity index (χ0n) is 10.0. The number of nitrogens with one attached hydrogen (secondary N) is 1. The third-order valence-corrected chi connectivity index (χ3v) is 4.75. The average molecular weight is 366 g/mol. The van der Waals surface area contributed by atoms with Gasteiger partial charge in [-0.25, -0.2) is 0 Å². The molecule has 17 heavy (non-hydrogen) atoms. The molecule has 1 fully saturated rings. The van der Waals surface area contributed by atoms with E-state index in [4.69, 9.17) is 4.42 Å². The zero-order valence-corrected chi connectivity index (χ0v) is 13.2. The minimum Gasteiger partial charge on any atom is -0.452 e. The Bertz CT molecular complexity index is 344. The van der Waals surface area contributed by atoms with Crippen LogP contribution in [0.3, 0.4) is 0 Å². The van der Waals surface area contributed by atoms with E-state index in [-0.39, 0.29) is 0 Å². The van der Waals surface area contributed by atoms with Crippen LogP contribution >= 0.6 is 31.9 Å². The number of hydrogen-bond acceptors (Lipinski definition) is 3. The molecule has 0 unspecified atom stereocenters. The highest BCUT2D eigenvalue weighted by molar-refractivity contribution is 9.13. The lowest BCUT2D eigenvalue weighted by molar-refractivity contribution is 0.275. The van der Waals surface area contributed by atoms with Gasteiger partial charge in [0.15, 0.2) is 4.67 Å². The smallest absolute Gasteiger partial charge is 0.183 e. The summed E-state index contributed by atoms with van der Waals surface area (Å²) in [5.41, 5.74) is 0. The summed E-state index contributed by atoms with van der Waals surface area (Å²) < 4.78 is 7.24. The van der Waals surface area contributed by atoms with Crippen LogP contribution < -0.4 is 5.32 Å². The van der Waals surface area contributed by atoms with E-state index in [1.165, 1.54) is 12.8 Å². The van der Waals surface area contributed by atoms with Crippen LogP contribution in [-0.2, 0) is 6.54 Å². The Labute approximate surface area is 119 Å². The highest BCUT2D eigenvalue weighted by atomic mass is 79.9. The lowest BCUT2D eigenvalue weighted by Gasteiger charge is -2.19. The lowest BCUT2D eigenvalue weighted by Crippen LogP contribution is -2.33. The Hall–Kier alpha value is 0.160. The normalized spacial score (nSPS) is 15.8. The van der Waals surface area contributed by atoms with Crippen molar-refractivity contribution in [2.75, 3.05) is 19.6 Å². The van der Waals surface area contributed by atoms with Gasteiger partial charge in [-0.05, 0) is 57.3 Å². The molecule has 0 aromatic carbocycles. The molecule has 96 valence electrons. The first kappa shape index (κ1) is 13.6. The molecule has 0 aliphatic heterocycles. The molecule has 0 spiro atoms. The van der Waals surface area contributed by atoms with Crippen molar-refractivity contribution in [1.29, 1.82) is 0 Å². The first-order chi connectivity index (χ1) is 8.20. The Morgan fingerprint density at radius 1 is 1.47 bits per heavy atom. The molecular weight excluding hydrogens is 348 g/mol. The first-order valence-electron chi connectivity index (χ1n) is 6.09. The summed E-state index contributed by atoms with van der Waals surface area (Å²) in [6.07, 6.45) is 2.76. The van der Waals surface area contributed by atoms with E-state index in [1.807, 2.05) is 6.07 Å². The Kier molecular flexibility index (Phi) is 5.09. The quantitative estimate of drug-likeness (QED) is 0.751. The first-order valence-corrected chi connectivity index (χ1v) is 7.67. The number of hydrogen-bond donors (Lipinski definition) is 1. The standard InChI is InChI=1S/C12H18Br2N2O/c1-2-16(9-3-4-9)6-5-15-8-10-7-11(13)12(14)17-10/h7,9,15H,2-6,8H2,1H3. The minimum atomic E-state index is 0.766. The van der Waals surface area contributed by atoms with Gasteiger partial charge in [-0.3, -0.25) is 4.90 Å². The van der Waals surface area contributed by atoms with Crippen molar-refractivity contribution in [2.24, 2.45) is 0 Å². The van der Waals surface area contributed by atoms with Crippen LogP contribution in [-0.4, -0.2) is 30.6 Å². The van der Waals surface area contributed by atoms with Gasteiger partial charge in [0.05, 0.1) is 11.0 Å². The number of furan rings is 1. The van der Waals surface area contributed by atoms with E-state index in [2.05, 4.69) is 49.0 Å². The van der Waals surface area contributed by atoms with Crippen molar-refractivity contribution in [3.05, 3.63) is 21.0 Å². The maximum Gasteiger partial charge on any atom is 0.183 e. The summed E-state index contributed by atoms with van der Waals surface area (Å²) in [4.78, 5) is 2.54. The van der Waals surface area contributed by atoms with Crippen molar-refractivity contribution in [3.8, 4) is 0 Å². The van der Waals surface area contributed by atoms with Gasteiger partial charge in [-0.1, -0.05) is 6.92 Å². The zero-order chi connectivity index (χ0) is 12.3. The van der Waals surface area contributed by atoms with Gasteiger partial charge in [0.2, 0.25) is 0 Å². The van der Waals surface area contributed by atoms with Gasteiger partial charge >= 0.3 is 0 Å². The van der Waals surface area contributed by atoms with Crippen molar-refractivity contribution in [3.63, 3.8) is 0 Å². The third kappa shape index (κ3) is 4.09. The van der Waals surface area contributed by atoms with Gasteiger partial charge in [0.1, 0.15) is 5.76 Å². The molecule has 1 saturated carbocycles. The fourth-order valence-electron chi connectivity index (χ4n) is 1.95. The maximum absolute atomic E-state index is 5.50. The summed E-state index contributed by atoms with van der Waals surface area (Å²) in [5, 5.41) is 3.41. The van der Waals surface area contributed by atoms with Crippen molar-refractivity contribution >= 4 is 31.9 Å². The lowest BCUT2D eigenvalue weighted by atomic mass is 10.4. The summed E-state index contributed by atoms with van der Waals surface area (Å²) in [6.45, 7) is 6.32. The molecule has 0 atom stereocenters. The SMILES string of the molecule is CCN(CCNCc1cc(Br)c(Br)o1)C1CC1. The molecule has 0 bridgehead atoms. The largest absolute Gasteiger partial charge is 0.452 e. The van der Waals surface area contributed by atoms with Crippen LogP contribution in [0.15, 0.2) is 19.6 Å². The second-order valence-electron chi connectivity index (χ2n) is 4.37. The van der Waals surface area contributed by atoms with Crippen LogP contribution in [0.5, 0.6) is 0 Å². The molecular formula is C12H18Br2N2O. The number of halogens is 2.